The summed E-state index contributed by atoms with van der Waals surface area (Å²) in [5, 5.41) is 2.68. The van der Waals surface area contributed by atoms with Crippen LogP contribution in [0.4, 0.5) is 5.69 Å². The van der Waals surface area contributed by atoms with Crippen LogP contribution in [0.3, 0.4) is 0 Å². The number of hydrogen-bond donors (Lipinski definition) is 1. The minimum absolute atomic E-state index is 0.0519. The third-order valence-corrected chi connectivity index (χ3v) is 7.71. The fourth-order valence-corrected chi connectivity index (χ4v) is 5.47. The molecule has 1 aliphatic rings. The first kappa shape index (κ1) is 23.7. The van der Waals surface area contributed by atoms with Gasteiger partial charge in [-0.25, -0.2) is 13.2 Å². The molecule has 0 atom stereocenters. The largest absolute Gasteiger partial charge is 0.419 e. The molecule has 2 aromatic carbocycles. The maximum atomic E-state index is 13.1. The van der Waals surface area contributed by atoms with Gasteiger partial charge in [-0.1, -0.05) is 12.1 Å². The summed E-state index contributed by atoms with van der Waals surface area (Å²) in [5.41, 5.74) is 2.24. The van der Waals surface area contributed by atoms with E-state index in [1.54, 1.807) is 35.2 Å². The molecule has 1 fully saturated rings. The van der Waals surface area contributed by atoms with E-state index < -0.39 is 15.8 Å². The number of amides is 2. The van der Waals surface area contributed by atoms with Crippen molar-refractivity contribution in [1.82, 2.24) is 13.8 Å². The minimum Gasteiger partial charge on any atom is -0.408 e. The molecule has 0 spiro atoms. The van der Waals surface area contributed by atoms with Crippen molar-refractivity contribution < 1.29 is 22.4 Å². The second kappa shape index (κ2) is 9.43. The number of hydrogen-bond acceptors (Lipinski definition) is 6. The number of nitrogens with one attached hydrogen (secondary N) is 1. The number of piperazine rings is 1. The lowest BCUT2D eigenvalue weighted by molar-refractivity contribution is -0.131. The zero-order valence-corrected chi connectivity index (χ0v) is 19.8. The number of fused-ring (bicyclic) bond motifs is 1. The molecule has 2 amide bonds. The van der Waals surface area contributed by atoms with E-state index in [0.29, 0.717) is 17.7 Å². The van der Waals surface area contributed by atoms with Crippen LogP contribution in [0.25, 0.3) is 11.1 Å². The van der Waals surface area contributed by atoms with Crippen molar-refractivity contribution in [1.29, 1.82) is 0 Å². The Labute approximate surface area is 196 Å². The molecule has 34 heavy (non-hydrogen) atoms. The summed E-state index contributed by atoms with van der Waals surface area (Å²) >= 11 is 0. The van der Waals surface area contributed by atoms with Crippen LogP contribution in [-0.2, 0) is 32.6 Å². The quantitative estimate of drug-likeness (QED) is 0.565. The molecule has 2 heterocycles. The summed E-state index contributed by atoms with van der Waals surface area (Å²) in [5.74, 6) is -0.780. The smallest absolute Gasteiger partial charge is 0.408 e. The molecule has 4 rings (SSSR count). The average molecular weight is 487 g/mol. The molecule has 180 valence electrons. The van der Waals surface area contributed by atoms with E-state index >= 15 is 0 Å². The predicted molar refractivity (Wildman–Crippen MR) is 126 cm³/mol. The number of sulfonamides is 1. The van der Waals surface area contributed by atoms with Crippen molar-refractivity contribution in [2.24, 2.45) is 0 Å². The molecule has 0 radical (unpaired) electrons. The van der Waals surface area contributed by atoms with Crippen LogP contribution in [0.2, 0.25) is 0 Å². The SMILES string of the molecule is CCn1c(=O)oc2cc(S(=O)(=O)N3CCN(C(=O)Cc4ccc(NC(C)=O)cc4)CC3)ccc21. The molecule has 3 aromatic rings. The van der Waals surface area contributed by atoms with Crippen LogP contribution in [-0.4, -0.2) is 60.2 Å². The Balaban J connectivity index is 1.39. The van der Waals surface area contributed by atoms with Crippen LogP contribution < -0.4 is 11.1 Å². The van der Waals surface area contributed by atoms with E-state index in [1.807, 2.05) is 6.92 Å². The van der Waals surface area contributed by atoms with Gasteiger partial charge in [0.05, 0.1) is 16.8 Å². The lowest BCUT2D eigenvalue weighted by atomic mass is 10.1. The van der Waals surface area contributed by atoms with Crippen LogP contribution in [0, 0.1) is 0 Å². The fraction of sp³-hybridized carbons (Fsp3) is 0.348. The number of rotatable bonds is 6. The highest BCUT2D eigenvalue weighted by Crippen LogP contribution is 2.23. The van der Waals surface area contributed by atoms with Gasteiger partial charge < -0.3 is 14.6 Å². The molecular formula is C23H26N4O6S. The highest BCUT2D eigenvalue weighted by atomic mass is 32.2. The van der Waals surface area contributed by atoms with Crippen LogP contribution in [0.1, 0.15) is 19.4 Å². The van der Waals surface area contributed by atoms with Gasteiger partial charge in [-0.15, -0.1) is 0 Å². The van der Waals surface area contributed by atoms with Gasteiger partial charge in [0.15, 0.2) is 5.58 Å². The van der Waals surface area contributed by atoms with Gasteiger partial charge in [-0.2, -0.15) is 4.31 Å². The normalized spacial score (nSPS) is 14.9. The Kier molecular flexibility index (Phi) is 6.58. The van der Waals surface area contributed by atoms with Crippen LogP contribution in [0.15, 0.2) is 56.6 Å². The molecule has 10 nitrogen and oxygen atoms in total. The Bertz CT molecular complexity index is 1380. The van der Waals surface area contributed by atoms with Gasteiger partial charge >= 0.3 is 5.76 Å². The molecule has 0 aliphatic carbocycles. The maximum Gasteiger partial charge on any atom is 0.419 e. The zero-order valence-electron chi connectivity index (χ0n) is 19.0. The summed E-state index contributed by atoms with van der Waals surface area (Å²) in [6, 6.07) is 11.5. The topological polar surface area (TPSA) is 122 Å². The van der Waals surface area contributed by atoms with Gasteiger partial charge in [0.1, 0.15) is 0 Å². The molecule has 1 N–H and O–H groups in total. The molecule has 1 aromatic heterocycles. The van der Waals surface area contributed by atoms with Gasteiger partial charge in [0.25, 0.3) is 0 Å². The number of nitrogens with zero attached hydrogens (tertiary/aromatic N) is 3. The van der Waals surface area contributed by atoms with E-state index in [2.05, 4.69) is 5.32 Å². The monoisotopic (exact) mass is 486 g/mol. The fourth-order valence-electron chi connectivity index (χ4n) is 4.03. The summed E-state index contributed by atoms with van der Waals surface area (Å²) in [7, 11) is -3.80. The third kappa shape index (κ3) is 4.75. The summed E-state index contributed by atoms with van der Waals surface area (Å²) in [6.07, 6.45) is 0.192. The van der Waals surface area contributed by atoms with Crippen molar-refractivity contribution in [3.8, 4) is 0 Å². The number of aromatic nitrogens is 1. The lowest BCUT2D eigenvalue weighted by Gasteiger charge is -2.34. The number of aryl methyl sites for hydroxylation is 1. The second-order valence-corrected chi connectivity index (χ2v) is 10.0. The minimum atomic E-state index is -3.80. The summed E-state index contributed by atoms with van der Waals surface area (Å²) < 4.78 is 34.2. The first-order valence-corrected chi connectivity index (χ1v) is 12.4. The van der Waals surface area contributed by atoms with E-state index in [4.69, 9.17) is 4.42 Å². The van der Waals surface area contributed by atoms with Gasteiger partial charge in [0, 0.05) is 51.4 Å². The number of carbonyl (C=O) groups excluding carboxylic acids is 2. The van der Waals surface area contributed by atoms with Gasteiger partial charge in [0.2, 0.25) is 21.8 Å². The Morgan fingerprint density at radius 1 is 1.03 bits per heavy atom. The van der Waals surface area contributed by atoms with E-state index in [1.165, 1.54) is 27.9 Å². The maximum absolute atomic E-state index is 13.1. The van der Waals surface area contributed by atoms with Crippen molar-refractivity contribution in [3.63, 3.8) is 0 Å². The van der Waals surface area contributed by atoms with Gasteiger partial charge in [-0.3, -0.25) is 14.2 Å². The highest BCUT2D eigenvalue weighted by Gasteiger charge is 2.30. The first-order chi connectivity index (χ1) is 16.2. The predicted octanol–water partition coefficient (Wildman–Crippen LogP) is 1.65. The third-order valence-electron chi connectivity index (χ3n) is 5.81. The highest BCUT2D eigenvalue weighted by molar-refractivity contribution is 7.89. The average Bonchev–Trinajstić information content (AvgIpc) is 3.14. The molecule has 11 heteroatoms. The van der Waals surface area contributed by atoms with E-state index in [0.717, 1.165) is 5.56 Å². The van der Waals surface area contributed by atoms with Crippen LogP contribution in [0.5, 0.6) is 0 Å². The number of carbonyl (C=O) groups is 2. The van der Waals surface area contributed by atoms with E-state index in [9.17, 15) is 22.8 Å². The van der Waals surface area contributed by atoms with Gasteiger partial charge in [-0.05, 0) is 36.8 Å². The molecule has 0 bridgehead atoms. The Morgan fingerprint density at radius 2 is 1.71 bits per heavy atom. The van der Waals surface area contributed by atoms with Crippen LogP contribution >= 0.6 is 0 Å². The summed E-state index contributed by atoms with van der Waals surface area (Å²) in [6.45, 7) is 4.57. The van der Waals surface area contributed by atoms with Crippen molar-refractivity contribution in [2.75, 3.05) is 31.5 Å². The summed E-state index contributed by atoms with van der Waals surface area (Å²) in [4.78, 5) is 37.4. The Hall–Kier alpha value is -3.44. The second-order valence-electron chi connectivity index (χ2n) is 8.08. The molecule has 0 unspecified atom stereocenters. The van der Waals surface area contributed by atoms with Crippen molar-refractivity contribution >= 4 is 38.6 Å². The standard InChI is InChI=1S/C23H26N4O6S/c1-3-27-20-9-8-19(15-21(20)33-23(27)30)34(31,32)26-12-10-25(11-13-26)22(29)14-17-4-6-18(7-5-17)24-16(2)28/h4-9,15H,3,10-14H2,1-2H3,(H,24,28). The first-order valence-electron chi connectivity index (χ1n) is 11.0. The molecule has 1 aliphatic heterocycles. The molecule has 0 saturated carbocycles. The lowest BCUT2D eigenvalue weighted by Crippen LogP contribution is -2.50. The van der Waals surface area contributed by atoms with Crippen molar-refractivity contribution in [3.05, 3.63) is 58.6 Å². The number of oxazole rings is 1. The molecule has 1 saturated heterocycles. The number of benzene rings is 2. The number of anilines is 1. The molecular weight excluding hydrogens is 460 g/mol. The Morgan fingerprint density at radius 3 is 2.32 bits per heavy atom. The van der Waals surface area contributed by atoms with Crippen molar-refractivity contribution in [2.45, 2.75) is 31.7 Å². The van der Waals surface area contributed by atoms with E-state index in [-0.39, 0.29) is 54.9 Å². The zero-order chi connectivity index (χ0) is 24.5.